The maximum absolute atomic E-state index is 5.73. The van der Waals surface area contributed by atoms with Crippen LogP contribution in [0.15, 0.2) is 18.0 Å². The van der Waals surface area contributed by atoms with E-state index in [4.69, 9.17) is 14.5 Å². The second-order valence-corrected chi connectivity index (χ2v) is 7.48. The summed E-state index contributed by atoms with van der Waals surface area (Å²) in [6.45, 7) is 8.05. The molecule has 3 heterocycles. The standard InChI is InChI=1S/C22H29N3O2/c1-15-7-8-17(26-3)13-18-20(15)24-22-19(16(2)14-23-22)21(18)25-9-4-5-11-27-12-6-10-25/h7,13-14H,4-6,8-12H2,1-3H3,(H,23,24). The van der Waals surface area contributed by atoms with E-state index in [9.17, 15) is 0 Å². The lowest BCUT2D eigenvalue weighted by molar-refractivity contribution is 0.133. The molecule has 0 amide bonds. The zero-order valence-corrected chi connectivity index (χ0v) is 16.6. The van der Waals surface area contributed by atoms with Gasteiger partial charge >= 0.3 is 0 Å². The van der Waals surface area contributed by atoms with Gasteiger partial charge in [-0.05, 0) is 50.3 Å². The fraction of sp³-hybridized carbons (Fsp3) is 0.500. The summed E-state index contributed by atoms with van der Waals surface area (Å²) in [6, 6.07) is 0. The maximum Gasteiger partial charge on any atom is 0.140 e. The van der Waals surface area contributed by atoms with E-state index in [1.54, 1.807) is 7.11 Å². The molecule has 1 fully saturated rings. The zero-order chi connectivity index (χ0) is 18.8. The molecule has 0 unspecified atom stereocenters. The number of hydrogen-bond donors (Lipinski definition) is 1. The minimum atomic E-state index is 0.804. The van der Waals surface area contributed by atoms with Crippen molar-refractivity contribution in [3.63, 3.8) is 0 Å². The Morgan fingerprint density at radius 3 is 2.81 bits per heavy atom. The monoisotopic (exact) mass is 367 g/mol. The number of methoxy groups -OCH3 is 1. The molecule has 2 aromatic heterocycles. The van der Waals surface area contributed by atoms with Crippen molar-refractivity contribution in [3.05, 3.63) is 34.9 Å². The lowest BCUT2D eigenvalue weighted by Crippen LogP contribution is -2.27. The van der Waals surface area contributed by atoms with Crippen molar-refractivity contribution in [3.8, 4) is 0 Å². The van der Waals surface area contributed by atoms with E-state index in [-0.39, 0.29) is 0 Å². The highest BCUT2D eigenvalue weighted by Gasteiger charge is 2.24. The largest absolute Gasteiger partial charge is 0.501 e. The van der Waals surface area contributed by atoms with Gasteiger partial charge in [0.05, 0.1) is 18.5 Å². The first-order valence-corrected chi connectivity index (χ1v) is 9.95. The molecule has 27 heavy (non-hydrogen) atoms. The Morgan fingerprint density at radius 1 is 1.15 bits per heavy atom. The number of hydrogen-bond acceptors (Lipinski definition) is 4. The molecule has 0 radical (unpaired) electrons. The first-order chi connectivity index (χ1) is 13.2. The topological polar surface area (TPSA) is 50.4 Å². The van der Waals surface area contributed by atoms with Crippen LogP contribution in [0.4, 0.5) is 5.69 Å². The Morgan fingerprint density at radius 2 is 1.96 bits per heavy atom. The van der Waals surface area contributed by atoms with E-state index in [1.165, 1.54) is 27.8 Å². The van der Waals surface area contributed by atoms with Gasteiger partial charge in [-0.1, -0.05) is 6.08 Å². The molecule has 1 aliphatic carbocycles. The number of aromatic amines is 1. The van der Waals surface area contributed by atoms with Gasteiger partial charge in [-0.3, -0.25) is 0 Å². The lowest BCUT2D eigenvalue weighted by atomic mass is 10.0. The molecule has 2 aromatic rings. The number of H-pyrrole nitrogens is 1. The molecular weight excluding hydrogens is 338 g/mol. The molecule has 1 saturated heterocycles. The SMILES string of the molecule is COC1=Cc2c(nc3[nH]cc(C)c3c2N2CCCCOCCC2)C(C)=CC1. The number of nitrogens with zero attached hydrogens (tertiary/aromatic N) is 2. The number of allylic oxidation sites excluding steroid dienone is 2. The van der Waals surface area contributed by atoms with Crippen LogP contribution in [0, 0.1) is 6.92 Å². The molecule has 1 N–H and O–H groups in total. The number of anilines is 1. The van der Waals surface area contributed by atoms with Crippen molar-refractivity contribution >= 4 is 28.4 Å². The van der Waals surface area contributed by atoms with Crippen LogP contribution >= 0.6 is 0 Å². The molecule has 0 spiro atoms. The van der Waals surface area contributed by atoms with Crippen molar-refractivity contribution in [1.82, 2.24) is 9.97 Å². The van der Waals surface area contributed by atoms with Crippen molar-refractivity contribution in [1.29, 1.82) is 0 Å². The van der Waals surface area contributed by atoms with Gasteiger partial charge in [0, 0.05) is 49.9 Å². The van der Waals surface area contributed by atoms with Gasteiger partial charge < -0.3 is 19.4 Å². The van der Waals surface area contributed by atoms with Gasteiger partial charge in [0.25, 0.3) is 0 Å². The predicted molar refractivity (Wildman–Crippen MR) is 111 cm³/mol. The van der Waals surface area contributed by atoms with E-state index in [0.29, 0.717) is 0 Å². The molecule has 5 nitrogen and oxygen atoms in total. The minimum absolute atomic E-state index is 0.804. The number of aryl methyl sites for hydroxylation is 1. The number of nitrogens with one attached hydrogen (secondary N) is 1. The second kappa shape index (κ2) is 7.77. The average Bonchev–Trinajstić information content (AvgIpc) is 3.03. The molecule has 0 atom stereocenters. The summed E-state index contributed by atoms with van der Waals surface area (Å²) < 4.78 is 11.4. The molecule has 0 aromatic carbocycles. The Labute approximate surface area is 161 Å². The van der Waals surface area contributed by atoms with Crippen molar-refractivity contribution < 1.29 is 9.47 Å². The summed E-state index contributed by atoms with van der Waals surface area (Å²) in [5, 5.41) is 1.23. The van der Waals surface area contributed by atoms with Crippen molar-refractivity contribution in [2.24, 2.45) is 0 Å². The van der Waals surface area contributed by atoms with Gasteiger partial charge in [-0.2, -0.15) is 0 Å². The van der Waals surface area contributed by atoms with Crippen molar-refractivity contribution in [2.45, 2.75) is 39.5 Å². The first-order valence-electron chi connectivity index (χ1n) is 9.95. The smallest absolute Gasteiger partial charge is 0.140 e. The van der Waals surface area contributed by atoms with Gasteiger partial charge in [0.15, 0.2) is 0 Å². The molecule has 0 saturated carbocycles. The van der Waals surface area contributed by atoms with Crippen LogP contribution in [0.5, 0.6) is 0 Å². The van der Waals surface area contributed by atoms with Crippen LogP contribution < -0.4 is 4.90 Å². The van der Waals surface area contributed by atoms with Crippen molar-refractivity contribution in [2.75, 3.05) is 38.3 Å². The average molecular weight is 367 g/mol. The summed E-state index contributed by atoms with van der Waals surface area (Å²) in [5.41, 5.74) is 6.95. The van der Waals surface area contributed by atoms with E-state index in [1.807, 2.05) is 0 Å². The third-order valence-electron chi connectivity index (χ3n) is 5.58. The quantitative estimate of drug-likeness (QED) is 0.838. The van der Waals surface area contributed by atoms with Gasteiger partial charge in [-0.25, -0.2) is 4.98 Å². The number of aromatic nitrogens is 2. The molecule has 1 aliphatic heterocycles. The highest BCUT2D eigenvalue weighted by molar-refractivity contribution is 6.00. The second-order valence-electron chi connectivity index (χ2n) is 7.48. The van der Waals surface area contributed by atoms with Crippen LogP contribution in [0.25, 0.3) is 22.7 Å². The highest BCUT2D eigenvalue weighted by atomic mass is 16.5. The molecule has 2 aliphatic rings. The minimum Gasteiger partial charge on any atom is -0.501 e. The van der Waals surface area contributed by atoms with E-state index in [0.717, 1.165) is 69.1 Å². The fourth-order valence-corrected chi connectivity index (χ4v) is 4.09. The maximum atomic E-state index is 5.73. The lowest BCUT2D eigenvalue weighted by Gasteiger charge is -2.28. The summed E-state index contributed by atoms with van der Waals surface area (Å²) in [7, 11) is 1.75. The van der Waals surface area contributed by atoms with Gasteiger partial charge in [-0.15, -0.1) is 0 Å². The Kier molecular flexibility index (Phi) is 5.21. The number of fused-ring (bicyclic) bond motifs is 2. The van der Waals surface area contributed by atoms with Crippen LogP contribution in [0.1, 0.15) is 49.4 Å². The third kappa shape index (κ3) is 3.48. The summed E-state index contributed by atoms with van der Waals surface area (Å²) in [5.74, 6) is 0.983. The van der Waals surface area contributed by atoms with E-state index >= 15 is 0 Å². The van der Waals surface area contributed by atoms with Crippen LogP contribution in [0.3, 0.4) is 0 Å². The van der Waals surface area contributed by atoms with Gasteiger partial charge in [0.1, 0.15) is 11.4 Å². The number of pyridine rings is 1. The first kappa shape index (κ1) is 18.1. The Hall–Kier alpha value is -2.27. The summed E-state index contributed by atoms with van der Waals surface area (Å²) >= 11 is 0. The van der Waals surface area contributed by atoms with Crippen LogP contribution in [-0.2, 0) is 9.47 Å². The molecular formula is C22H29N3O2. The number of rotatable bonds is 2. The fourth-order valence-electron chi connectivity index (χ4n) is 4.09. The highest BCUT2D eigenvalue weighted by Crippen LogP contribution is 2.39. The summed E-state index contributed by atoms with van der Waals surface area (Å²) in [4.78, 5) is 10.9. The molecule has 144 valence electrons. The number of ether oxygens (including phenoxy) is 2. The van der Waals surface area contributed by atoms with Crippen LogP contribution in [0.2, 0.25) is 0 Å². The van der Waals surface area contributed by atoms with E-state index < -0.39 is 0 Å². The third-order valence-corrected chi connectivity index (χ3v) is 5.58. The zero-order valence-electron chi connectivity index (χ0n) is 16.6. The Balaban J connectivity index is 1.95. The van der Waals surface area contributed by atoms with Gasteiger partial charge in [0.2, 0.25) is 0 Å². The summed E-state index contributed by atoms with van der Waals surface area (Å²) in [6.07, 6.45) is 10.6. The molecule has 4 rings (SSSR count). The van der Waals surface area contributed by atoms with Crippen LogP contribution in [-0.4, -0.2) is 43.4 Å². The molecule has 5 heteroatoms. The Bertz CT molecular complexity index is 885. The predicted octanol–water partition coefficient (Wildman–Crippen LogP) is 4.67. The van der Waals surface area contributed by atoms with E-state index in [2.05, 4.69) is 42.1 Å². The normalized spacial score (nSPS) is 18.7. The molecule has 0 bridgehead atoms.